The molecule has 0 aliphatic carbocycles. The summed E-state index contributed by atoms with van der Waals surface area (Å²) in [5.41, 5.74) is 0. The first kappa shape index (κ1) is 7.32. The van der Waals surface area contributed by atoms with Crippen LogP contribution in [0.25, 0.3) is 0 Å². The summed E-state index contributed by atoms with van der Waals surface area (Å²) in [4.78, 5) is 12.8. The van der Waals surface area contributed by atoms with E-state index >= 15 is 0 Å². The molecule has 1 heterocycles. The van der Waals surface area contributed by atoms with Crippen molar-refractivity contribution in [1.82, 2.24) is 4.90 Å². The van der Waals surface area contributed by atoms with Gasteiger partial charge in [-0.1, -0.05) is 19.4 Å². The lowest BCUT2D eigenvalue weighted by Crippen LogP contribution is -2.26. The van der Waals surface area contributed by atoms with Crippen LogP contribution in [0.3, 0.4) is 0 Å². The van der Waals surface area contributed by atoms with Crippen LogP contribution in [0, 0.1) is 0 Å². The highest BCUT2D eigenvalue weighted by Crippen LogP contribution is 2.02. The lowest BCUT2D eigenvalue weighted by Gasteiger charge is -2.13. The number of hydrogen-bond acceptors (Lipinski definition) is 1. The van der Waals surface area contributed by atoms with E-state index in [4.69, 9.17) is 0 Å². The molecule has 0 saturated heterocycles. The van der Waals surface area contributed by atoms with Crippen LogP contribution in [0.2, 0.25) is 0 Å². The summed E-state index contributed by atoms with van der Waals surface area (Å²) in [6.07, 6.45) is 5.84. The Morgan fingerprint density at radius 1 is 1.70 bits per heavy atom. The molecule has 0 fully saturated rings. The Kier molecular flexibility index (Phi) is 2.49. The van der Waals surface area contributed by atoms with Crippen LogP contribution in [-0.4, -0.2) is 23.9 Å². The normalized spacial score (nSPS) is 16.9. The maximum atomic E-state index is 10.9. The van der Waals surface area contributed by atoms with Crippen molar-refractivity contribution in [1.29, 1.82) is 0 Å². The summed E-state index contributed by atoms with van der Waals surface area (Å²) >= 11 is 0. The van der Waals surface area contributed by atoms with Gasteiger partial charge in [0.1, 0.15) is 0 Å². The average Bonchev–Trinajstić information content (AvgIpc) is 2.31. The van der Waals surface area contributed by atoms with Crippen molar-refractivity contribution < 1.29 is 4.79 Å². The maximum absolute atomic E-state index is 10.9. The third-order valence-corrected chi connectivity index (χ3v) is 1.68. The van der Waals surface area contributed by atoms with Gasteiger partial charge in [0.25, 0.3) is 0 Å². The molecule has 0 atom stereocenters. The molecule has 1 aliphatic rings. The van der Waals surface area contributed by atoms with Gasteiger partial charge >= 0.3 is 0 Å². The van der Waals surface area contributed by atoms with E-state index < -0.39 is 0 Å². The summed E-state index contributed by atoms with van der Waals surface area (Å²) in [5.74, 6) is 0.174. The van der Waals surface area contributed by atoms with E-state index in [9.17, 15) is 4.79 Å². The Morgan fingerprint density at radius 2 is 2.50 bits per heavy atom. The standard InChI is InChI=1S/C8H13NO/c1-2-3-6-9-7-4-5-8(9)10/h4-5H,2-3,6-7H2,1H3. The van der Waals surface area contributed by atoms with Crippen molar-refractivity contribution in [3.05, 3.63) is 12.2 Å². The van der Waals surface area contributed by atoms with Gasteiger partial charge in [0.2, 0.25) is 5.91 Å². The first-order chi connectivity index (χ1) is 4.84. The summed E-state index contributed by atoms with van der Waals surface area (Å²) < 4.78 is 0. The third kappa shape index (κ3) is 1.59. The molecule has 0 unspecified atom stereocenters. The minimum Gasteiger partial charge on any atom is -0.335 e. The van der Waals surface area contributed by atoms with Crippen molar-refractivity contribution in [3.63, 3.8) is 0 Å². The summed E-state index contributed by atoms with van der Waals surface area (Å²) in [6, 6.07) is 0. The minimum atomic E-state index is 0.174. The van der Waals surface area contributed by atoms with Crippen LogP contribution >= 0.6 is 0 Å². The molecule has 0 bridgehead atoms. The molecule has 0 aromatic heterocycles. The molecule has 10 heavy (non-hydrogen) atoms. The quantitative estimate of drug-likeness (QED) is 0.575. The van der Waals surface area contributed by atoms with E-state index in [1.54, 1.807) is 6.08 Å². The van der Waals surface area contributed by atoms with Crippen molar-refractivity contribution in [2.45, 2.75) is 19.8 Å². The number of unbranched alkanes of at least 4 members (excludes halogenated alkanes) is 1. The van der Waals surface area contributed by atoms with E-state index in [2.05, 4.69) is 6.92 Å². The van der Waals surface area contributed by atoms with E-state index in [1.807, 2.05) is 11.0 Å². The molecular formula is C8H13NO. The molecule has 2 heteroatoms. The smallest absolute Gasteiger partial charge is 0.246 e. The fourth-order valence-electron chi connectivity index (χ4n) is 1.03. The number of carbonyl (C=O) groups is 1. The fraction of sp³-hybridized carbons (Fsp3) is 0.625. The van der Waals surface area contributed by atoms with Crippen LogP contribution in [0.5, 0.6) is 0 Å². The lowest BCUT2D eigenvalue weighted by molar-refractivity contribution is -0.124. The molecule has 0 saturated carbocycles. The summed E-state index contributed by atoms with van der Waals surface area (Å²) in [7, 11) is 0. The maximum Gasteiger partial charge on any atom is 0.246 e. The molecule has 1 rings (SSSR count). The van der Waals surface area contributed by atoms with Gasteiger partial charge in [-0.05, 0) is 6.42 Å². The largest absolute Gasteiger partial charge is 0.335 e. The molecule has 2 nitrogen and oxygen atoms in total. The molecule has 0 spiro atoms. The van der Waals surface area contributed by atoms with E-state index in [1.165, 1.54) is 0 Å². The van der Waals surface area contributed by atoms with Crippen LogP contribution in [0.1, 0.15) is 19.8 Å². The van der Waals surface area contributed by atoms with Crippen molar-refractivity contribution in [3.8, 4) is 0 Å². The van der Waals surface area contributed by atoms with Gasteiger partial charge in [-0.25, -0.2) is 0 Å². The van der Waals surface area contributed by atoms with Crippen LogP contribution in [0.4, 0.5) is 0 Å². The van der Waals surface area contributed by atoms with Gasteiger partial charge < -0.3 is 4.90 Å². The van der Waals surface area contributed by atoms with Gasteiger partial charge in [0.05, 0.1) is 0 Å². The SMILES string of the molecule is CCCCN1CC=CC1=O. The second kappa shape index (κ2) is 3.40. The van der Waals surface area contributed by atoms with E-state index in [0.717, 1.165) is 25.9 Å². The first-order valence-electron chi connectivity index (χ1n) is 3.80. The number of nitrogens with zero attached hydrogens (tertiary/aromatic N) is 1. The Balaban J connectivity index is 2.24. The average molecular weight is 139 g/mol. The second-order valence-electron chi connectivity index (χ2n) is 2.54. The highest BCUT2D eigenvalue weighted by atomic mass is 16.2. The Hall–Kier alpha value is -0.790. The third-order valence-electron chi connectivity index (χ3n) is 1.68. The summed E-state index contributed by atoms with van der Waals surface area (Å²) in [6.45, 7) is 3.87. The first-order valence-corrected chi connectivity index (χ1v) is 3.80. The van der Waals surface area contributed by atoms with Crippen molar-refractivity contribution >= 4 is 5.91 Å². The van der Waals surface area contributed by atoms with Crippen molar-refractivity contribution in [2.24, 2.45) is 0 Å². The lowest BCUT2D eigenvalue weighted by atomic mass is 10.3. The number of amides is 1. The van der Waals surface area contributed by atoms with Crippen LogP contribution in [0.15, 0.2) is 12.2 Å². The topological polar surface area (TPSA) is 20.3 Å². The van der Waals surface area contributed by atoms with Gasteiger partial charge in [-0.3, -0.25) is 4.79 Å². The highest BCUT2D eigenvalue weighted by molar-refractivity contribution is 5.89. The number of hydrogen-bond donors (Lipinski definition) is 0. The Bertz CT molecular complexity index is 151. The molecule has 0 radical (unpaired) electrons. The van der Waals surface area contributed by atoms with Crippen molar-refractivity contribution in [2.75, 3.05) is 13.1 Å². The van der Waals surface area contributed by atoms with E-state index in [-0.39, 0.29) is 5.91 Å². The zero-order valence-electron chi connectivity index (χ0n) is 6.34. The predicted molar refractivity (Wildman–Crippen MR) is 40.6 cm³/mol. The van der Waals surface area contributed by atoms with Gasteiger partial charge in [-0.15, -0.1) is 0 Å². The van der Waals surface area contributed by atoms with Crippen LogP contribution < -0.4 is 0 Å². The van der Waals surface area contributed by atoms with Crippen LogP contribution in [-0.2, 0) is 4.79 Å². The Morgan fingerprint density at radius 3 is 3.00 bits per heavy atom. The van der Waals surface area contributed by atoms with Gasteiger partial charge in [0, 0.05) is 19.2 Å². The number of rotatable bonds is 3. The molecule has 0 N–H and O–H groups in total. The summed E-state index contributed by atoms with van der Waals surface area (Å²) in [5, 5.41) is 0. The zero-order chi connectivity index (χ0) is 7.40. The molecule has 56 valence electrons. The van der Waals surface area contributed by atoms with E-state index in [0.29, 0.717) is 0 Å². The molecule has 1 amide bonds. The van der Waals surface area contributed by atoms with Gasteiger partial charge in [-0.2, -0.15) is 0 Å². The zero-order valence-corrected chi connectivity index (χ0v) is 6.34. The predicted octanol–water partition coefficient (Wildman–Crippen LogP) is 1.18. The van der Waals surface area contributed by atoms with Gasteiger partial charge in [0.15, 0.2) is 0 Å². The molecule has 0 aromatic carbocycles. The molecule has 1 aliphatic heterocycles. The highest BCUT2D eigenvalue weighted by Gasteiger charge is 2.12. The Labute approximate surface area is 61.5 Å². The fourth-order valence-corrected chi connectivity index (χ4v) is 1.03. The second-order valence-corrected chi connectivity index (χ2v) is 2.54. The molecular weight excluding hydrogens is 126 g/mol. The minimum absolute atomic E-state index is 0.174. The number of carbonyl (C=O) groups excluding carboxylic acids is 1. The monoisotopic (exact) mass is 139 g/mol. The molecule has 0 aromatic rings.